The standard InChI is InChI=1S/C27H29N3O4S/c1-29-10-12-30(13-11-29)26(34)18-6-7-21-22(14-18)35-24(28-21)9-8-23(31)27(17-25(32)33)15-19-4-2-3-5-20(19)16-27/h2-7,14H,8-13,15-17H2,1H3,(H,32,33). The molecule has 0 spiro atoms. The first-order valence-corrected chi connectivity index (χ1v) is 12.8. The molecule has 7 nitrogen and oxygen atoms in total. The monoisotopic (exact) mass is 491 g/mol. The lowest BCUT2D eigenvalue weighted by Crippen LogP contribution is -2.47. The Morgan fingerprint density at radius 2 is 1.71 bits per heavy atom. The SMILES string of the molecule is CN1CCN(C(=O)c2ccc3nc(CCC(=O)C4(CC(=O)O)Cc5ccccc5C4)sc3c2)CC1. The van der Waals surface area contributed by atoms with E-state index >= 15 is 0 Å². The van der Waals surface area contributed by atoms with Crippen molar-refractivity contribution in [2.75, 3.05) is 33.2 Å². The third-order valence-corrected chi connectivity index (χ3v) is 8.37. The summed E-state index contributed by atoms with van der Waals surface area (Å²) >= 11 is 1.50. The van der Waals surface area contributed by atoms with E-state index < -0.39 is 11.4 Å². The summed E-state index contributed by atoms with van der Waals surface area (Å²) in [4.78, 5) is 46.7. The summed E-state index contributed by atoms with van der Waals surface area (Å²) in [6.45, 7) is 3.21. The minimum atomic E-state index is -0.941. The molecule has 0 radical (unpaired) electrons. The number of piperazine rings is 1. The molecule has 1 fully saturated rings. The molecule has 1 amide bonds. The van der Waals surface area contributed by atoms with Gasteiger partial charge in [0.15, 0.2) is 0 Å². The second kappa shape index (κ2) is 9.51. The molecule has 1 saturated heterocycles. The number of nitrogens with zero attached hydrogens (tertiary/aromatic N) is 3. The number of carbonyl (C=O) groups is 3. The van der Waals surface area contributed by atoms with E-state index in [2.05, 4.69) is 16.9 Å². The van der Waals surface area contributed by atoms with Crippen molar-refractivity contribution >= 4 is 39.2 Å². The van der Waals surface area contributed by atoms with Gasteiger partial charge in [0.05, 0.1) is 21.6 Å². The van der Waals surface area contributed by atoms with Crippen LogP contribution in [0.5, 0.6) is 0 Å². The van der Waals surface area contributed by atoms with Gasteiger partial charge in [0.1, 0.15) is 5.78 Å². The molecule has 0 saturated carbocycles. The summed E-state index contributed by atoms with van der Waals surface area (Å²) in [7, 11) is 2.06. The number of Topliss-reactive ketones (excluding diaryl/α,β-unsaturated/α-hetero) is 1. The van der Waals surface area contributed by atoms with Crippen LogP contribution in [0.2, 0.25) is 0 Å². The van der Waals surface area contributed by atoms with Gasteiger partial charge in [-0.1, -0.05) is 24.3 Å². The zero-order valence-electron chi connectivity index (χ0n) is 19.8. The van der Waals surface area contributed by atoms with Gasteiger partial charge in [-0.2, -0.15) is 0 Å². The highest BCUT2D eigenvalue weighted by molar-refractivity contribution is 7.18. The van der Waals surface area contributed by atoms with Crippen molar-refractivity contribution in [2.45, 2.75) is 32.1 Å². The first kappa shape index (κ1) is 23.6. The molecule has 0 bridgehead atoms. The maximum Gasteiger partial charge on any atom is 0.304 e. The van der Waals surface area contributed by atoms with E-state index in [0.717, 1.165) is 52.5 Å². The third-order valence-electron chi connectivity index (χ3n) is 7.29. The molecule has 3 aromatic rings. The number of hydrogen-bond donors (Lipinski definition) is 1. The Morgan fingerprint density at radius 3 is 2.37 bits per heavy atom. The first-order valence-electron chi connectivity index (χ1n) is 12.0. The lowest BCUT2D eigenvalue weighted by Gasteiger charge is -2.32. The van der Waals surface area contributed by atoms with Gasteiger partial charge in [0.25, 0.3) is 5.91 Å². The highest BCUT2D eigenvalue weighted by Gasteiger charge is 2.44. The van der Waals surface area contributed by atoms with Crippen molar-refractivity contribution in [1.82, 2.24) is 14.8 Å². The lowest BCUT2D eigenvalue weighted by atomic mass is 9.76. The predicted octanol–water partition coefficient (Wildman–Crippen LogP) is 3.45. The number of likely N-dealkylation sites (N-methyl/N-ethyl adjacent to an activating group) is 1. The molecule has 5 rings (SSSR count). The van der Waals surface area contributed by atoms with E-state index in [1.807, 2.05) is 47.4 Å². The van der Waals surface area contributed by atoms with Gasteiger partial charge in [0.2, 0.25) is 0 Å². The second-order valence-corrected chi connectivity index (χ2v) is 10.9. The van der Waals surface area contributed by atoms with Crippen LogP contribution in [0.15, 0.2) is 42.5 Å². The first-order chi connectivity index (χ1) is 16.8. The van der Waals surface area contributed by atoms with Gasteiger partial charge in [-0.25, -0.2) is 4.98 Å². The van der Waals surface area contributed by atoms with Gasteiger partial charge in [-0.15, -0.1) is 11.3 Å². The smallest absolute Gasteiger partial charge is 0.304 e. The summed E-state index contributed by atoms with van der Waals surface area (Å²) in [5, 5.41) is 10.4. The molecule has 1 aliphatic carbocycles. The number of carboxylic acids is 1. The molecule has 0 atom stereocenters. The predicted molar refractivity (Wildman–Crippen MR) is 135 cm³/mol. The maximum atomic E-state index is 13.4. The molecule has 182 valence electrons. The highest BCUT2D eigenvalue weighted by Crippen LogP contribution is 2.41. The number of aryl methyl sites for hydroxylation is 1. The van der Waals surface area contributed by atoms with E-state index in [1.165, 1.54) is 11.3 Å². The molecular weight excluding hydrogens is 462 g/mol. The van der Waals surface area contributed by atoms with E-state index in [0.29, 0.717) is 24.8 Å². The van der Waals surface area contributed by atoms with Gasteiger partial charge < -0.3 is 14.9 Å². The Hall–Kier alpha value is -3.10. The molecule has 35 heavy (non-hydrogen) atoms. The molecule has 1 aliphatic heterocycles. The summed E-state index contributed by atoms with van der Waals surface area (Å²) < 4.78 is 0.931. The number of benzene rings is 2. The zero-order valence-corrected chi connectivity index (χ0v) is 20.6. The van der Waals surface area contributed by atoms with Gasteiger partial charge in [0, 0.05) is 50.0 Å². The Morgan fingerprint density at radius 1 is 1.03 bits per heavy atom. The fourth-order valence-electron chi connectivity index (χ4n) is 5.29. The third kappa shape index (κ3) is 4.86. The van der Waals surface area contributed by atoms with Crippen molar-refractivity contribution in [2.24, 2.45) is 5.41 Å². The number of carboxylic acid groups (broad SMARTS) is 1. The number of hydrogen-bond acceptors (Lipinski definition) is 6. The van der Waals surface area contributed by atoms with Crippen LogP contribution in [0.25, 0.3) is 10.2 Å². The van der Waals surface area contributed by atoms with Gasteiger partial charge >= 0.3 is 5.97 Å². The van der Waals surface area contributed by atoms with E-state index in [-0.39, 0.29) is 24.5 Å². The van der Waals surface area contributed by atoms with Crippen molar-refractivity contribution in [1.29, 1.82) is 0 Å². The van der Waals surface area contributed by atoms with E-state index in [1.54, 1.807) is 0 Å². The topological polar surface area (TPSA) is 90.8 Å². The van der Waals surface area contributed by atoms with Gasteiger partial charge in [-0.3, -0.25) is 14.4 Å². The van der Waals surface area contributed by atoms with Crippen molar-refractivity contribution in [3.8, 4) is 0 Å². The van der Waals surface area contributed by atoms with Crippen LogP contribution >= 0.6 is 11.3 Å². The summed E-state index contributed by atoms with van der Waals surface area (Å²) in [6, 6.07) is 13.4. The van der Waals surface area contributed by atoms with E-state index in [9.17, 15) is 19.5 Å². The molecule has 1 aromatic heterocycles. The fourth-order valence-corrected chi connectivity index (χ4v) is 6.30. The number of fused-ring (bicyclic) bond motifs is 2. The maximum absolute atomic E-state index is 13.4. The Labute approximate surface area is 208 Å². The van der Waals surface area contributed by atoms with Crippen molar-refractivity contribution in [3.05, 3.63) is 64.2 Å². The number of aromatic nitrogens is 1. The number of rotatable bonds is 7. The minimum absolute atomic E-state index is 0.0127. The number of thiazole rings is 1. The Bertz CT molecular complexity index is 1270. The molecule has 8 heteroatoms. The normalized spacial score (nSPS) is 17.5. The second-order valence-electron chi connectivity index (χ2n) is 9.78. The average molecular weight is 492 g/mol. The lowest BCUT2D eigenvalue weighted by molar-refractivity contribution is -0.144. The van der Waals surface area contributed by atoms with Crippen LogP contribution in [0, 0.1) is 5.41 Å². The van der Waals surface area contributed by atoms with Crippen LogP contribution in [0.3, 0.4) is 0 Å². The number of carbonyl (C=O) groups excluding carboxylic acids is 2. The molecule has 0 unspecified atom stereocenters. The Balaban J connectivity index is 1.28. The Kier molecular flexibility index (Phi) is 6.42. The van der Waals surface area contributed by atoms with Crippen LogP contribution < -0.4 is 0 Å². The summed E-state index contributed by atoms with van der Waals surface area (Å²) in [5.41, 5.74) is 2.74. The quantitative estimate of drug-likeness (QED) is 0.545. The summed E-state index contributed by atoms with van der Waals surface area (Å²) in [6.07, 6.45) is 1.53. The fraction of sp³-hybridized carbons (Fsp3) is 0.407. The summed E-state index contributed by atoms with van der Waals surface area (Å²) in [5.74, 6) is -0.911. The molecule has 2 aromatic carbocycles. The number of amides is 1. The number of aliphatic carboxylic acids is 1. The molecule has 2 heterocycles. The van der Waals surface area contributed by atoms with E-state index in [4.69, 9.17) is 0 Å². The van der Waals surface area contributed by atoms with Crippen LogP contribution in [-0.2, 0) is 28.9 Å². The van der Waals surface area contributed by atoms with Crippen LogP contribution in [0.1, 0.15) is 39.3 Å². The minimum Gasteiger partial charge on any atom is -0.481 e. The van der Waals surface area contributed by atoms with Crippen LogP contribution in [0.4, 0.5) is 0 Å². The highest BCUT2D eigenvalue weighted by atomic mass is 32.1. The van der Waals surface area contributed by atoms with Crippen molar-refractivity contribution < 1.29 is 19.5 Å². The number of ketones is 1. The van der Waals surface area contributed by atoms with Gasteiger partial charge in [-0.05, 0) is 49.2 Å². The molecule has 2 aliphatic rings. The molecular formula is C27H29N3O4S. The average Bonchev–Trinajstić information content (AvgIpc) is 3.42. The molecule has 1 N–H and O–H groups in total. The van der Waals surface area contributed by atoms with Crippen LogP contribution in [-0.4, -0.2) is 70.8 Å². The zero-order chi connectivity index (χ0) is 24.6. The largest absolute Gasteiger partial charge is 0.481 e. The van der Waals surface area contributed by atoms with Crippen molar-refractivity contribution in [3.63, 3.8) is 0 Å².